The van der Waals surface area contributed by atoms with Crippen LogP contribution in [0, 0.1) is 0 Å². The molecule has 0 saturated carbocycles. The van der Waals surface area contributed by atoms with Gasteiger partial charge in [0.15, 0.2) is 6.29 Å². The van der Waals surface area contributed by atoms with E-state index in [1.165, 1.54) is 50.5 Å². The SMILES string of the molecule is C[C@]1(CC(=O)CCCCCCCCCCc2ccccc2)O[C@H]1C=O. The fourth-order valence-electron chi connectivity index (χ4n) is 3.41. The van der Waals surface area contributed by atoms with Gasteiger partial charge in [0.2, 0.25) is 0 Å². The van der Waals surface area contributed by atoms with Gasteiger partial charge in [0.1, 0.15) is 17.5 Å². The predicted molar refractivity (Wildman–Crippen MR) is 101 cm³/mol. The first-order valence-corrected chi connectivity index (χ1v) is 9.83. The van der Waals surface area contributed by atoms with Gasteiger partial charge in [-0.3, -0.25) is 4.79 Å². The molecule has 0 radical (unpaired) electrons. The normalized spacial score (nSPS) is 21.9. The van der Waals surface area contributed by atoms with Crippen molar-refractivity contribution in [3.63, 3.8) is 0 Å². The summed E-state index contributed by atoms with van der Waals surface area (Å²) >= 11 is 0. The van der Waals surface area contributed by atoms with E-state index in [1.807, 2.05) is 6.92 Å². The minimum Gasteiger partial charge on any atom is -0.358 e. The number of aryl methyl sites for hydroxylation is 1. The second kappa shape index (κ2) is 10.5. The van der Waals surface area contributed by atoms with Gasteiger partial charge in [0, 0.05) is 12.8 Å². The molecule has 1 heterocycles. The van der Waals surface area contributed by atoms with Crippen molar-refractivity contribution >= 4 is 12.1 Å². The molecule has 1 aliphatic rings. The second-order valence-corrected chi connectivity index (χ2v) is 7.52. The number of hydrogen-bond donors (Lipinski definition) is 0. The van der Waals surface area contributed by atoms with Crippen molar-refractivity contribution in [2.45, 2.75) is 89.3 Å². The summed E-state index contributed by atoms with van der Waals surface area (Å²) in [6.07, 6.45) is 12.4. The number of unbranched alkanes of at least 4 members (excludes halogenated alkanes) is 7. The van der Waals surface area contributed by atoms with Gasteiger partial charge in [-0.2, -0.15) is 0 Å². The zero-order valence-corrected chi connectivity index (χ0v) is 15.5. The third-order valence-electron chi connectivity index (χ3n) is 5.13. The molecule has 0 unspecified atom stereocenters. The van der Waals surface area contributed by atoms with Crippen molar-refractivity contribution in [2.24, 2.45) is 0 Å². The summed E-state index contributed by atoms with van der Waals surface area (Å²) in [6.45, 7) is 1.85. The first-order chi connectivity index (χ1) is 12.1. The highest BCUT2D eigenvalue weighted by molar-refractivity contribution is 5.81. The third kappa shape index (κ3) is 7.52. The number of ether oxygens (including phenoxy) is 1. The maximum Gasteiger partial charge on any atom is 0.151 e. The molecule has 0 bridgehead atoms. The first-order valence-electron chi connectivity index (χ1n) is 9.83. The largest absolute Gasteiger partial charge is 0.358 e. The van der Waals surface area contributed by atoms with Crippen LogP contribution in [0.25, 0.3) is 0 Å². The monoisotopic (exact) mass is 344 g/mol. The molecule has 3 nitrogen and oxygen atoms in total. The van der Waals surface area contributed by atoms with Crippen LogP contribution in [0.1, 0.15) is 76.7 Å². The van der Waals surface area contributed by atoms with Crippen LogP contribution >= 0.6 is 0 Å². The molecule has 0 aromatic heterocycles. The molecule has 3 heteroatoms. The van der Waals surface area contributed by atoms with Crippen LogP contribution < -0.4 is 0 Å². The van der Waals surface area contributed by atoms with Crippen LogP contribution in [0.15, 0.2) is 30.3 Å². The Morgan fingerprint density at radius 2 is 1.60 bits per heavy atom. The molecule has 1 fully saturated rings. The van der Waals surface area contributed by atoms with E-state index in [2.05, 4.69) is 30.3 Å². The Morgan fingerprint density at radius 1 is 1.00 bits per heavy atom. The average molecular weight is 344 g/mol. The number of epoxide rings is 1. The highest BCUT2D eigenvalue weighted by atomic mass is 16.6. The van der Waals surface area contributed by atoms with Crippen molar-refractivity contribution in [3.8, 4) is 0 Å². The molecule has 1 saturated heterocycles. The van der Waals surface area contributed by atoms with E-state index in [-0.39, 0.29) is 11.9 Å². The summed E-state index contributed by atoms with van der Waals surface area (Å²) < 4.78 is 5.26. The Morgan fingerprint density at radius 3 is 2.20 bits per heavy atom. The average Bonchev–Trinajstić information content (AvgIpc) is 3.27. The fraction of sp³-hybridized carbons (Fsp3) is 0.636. The van der Waals surface area contributed by atoms with E-state index >= 15 is 0 Å². The molecule has 1 aliphatic heterocycles. The number of carbonyl (C=O) groups is 2. The van der Waals surface area contributed by atoms with Gasteiger partial charge in [0.05, 0.1) is 0 Å². The van der Waals surface area contributed by atoms with E-state index < -0.39 is 5.60 Å². The molecule has 1 aromatic rings. The fourth-order valence-corrected chi connectivity index (χ4v) is 3.41. The molecular weight excluding hydrogens is 312 g/mol. The number of benzene rings is 1. The first kappa shape index (κ1) is 19.8. The van der Waals surface area contributed by atoms with Gasteiger partial charge < -0.3 is 9.53 Å². The standard InChI is InChI=1S/C22H32O3/c1-22(21(18-23)25-22)17-20(24)16-12-7-5-3-2-4-6-9-13-19-14-10-8-11-15-19/h8,10-11,14-15,18,21H,2-7,9,12-13,16-17H2,1H3/t21-,22+/m0/s1. The topological polar surface area (TPSA) is 46.7 Å². The van der Waals surface area contributed by atoms with Crippen LogP contribution in [0.5, 0.6) is 0 Å². The van der Waals surface area contributed by atoms with Crippen molar-refractivity contribution in [3.05, 3.63) is 35.9 Å². The van der Waals surface area contributed by atoms with Gasteiger partial charge in [-0.05, 0) is 31.7 Å². The lowest BCUT2D eigenvalue weighted by Gasteiger charge is -2.05. The van der Waals surface area contributed by atoms with Gasteiger partial charge in [0.25, 0.3) is 0 Å². The number of Topliss-reactive ketones (excluding diaryl/α,β-unsaturated/α-hetero) is 1. The zero-order valence-electron chi connectivity index (χ0n) is 15.5. The number of ketones is 1. The molecule has 0 aliphatic carbocycles. The smallest absolute Gasteiger partial charge is 0.151 e. The second-order valence-electron chi connectivity index (χ2n) is 7.52. The molecule has 25 heavy (non-hydrogen) atoms. The van der Waals surface area contributed by atoms with Gasteiger partial charge >= 0.3 is 0 Å². The quantitative estimate of drug-likeness (QED) is 0.269. The van der Waals surface area contributed by atoms with Crippen LogP contribution in [-0.2, 0) is 20.7 Å². The third-order valence-corrected chi connectivity index (χ3v) is 5.13. The molecule has 138 valence electrons. The molecule has 0 N–H and O–H groups in total. The van der Waals surface area contributed by atoms with E-state index in [0.717, 1.165) is 19.1 Å². The molecule has 0 spiro atoms. The van der Waals surface area contributed by atoms with Gasteiger partial charge in [-0.15, -0.1) is 0 Å². The van der Waals surface area contributed by atoms with Gasteiger partial charge in [-0.1, -0.05) is 68.9 Å². The predicted octanol–water partition coefficient (Wildman–Crippen LogP) is 5.06. The van der Waals surface area contributed by atoms with Crippen LogP contribution in [0.2, 0.25) is 0 Å². The maximum atomic E-state index is 11.9. The van der Waals surface area contributed by atoms with Crippen LogP contribution in [0.4, 0.5) is 0 Å². The highest BCUT2D eigenvalue weighted by Crippen LogP contribution is 2.38. The van der Waals surface area contributed by atoms with E-state index in [0.29, 0.717) is 12.8 Å². The lowest BCUT2D eigenvalue weighted by molar-refractivity contribution is -0.120. The lowest BCUT2D eigenvalue weighted by Crippen LogP contribution is -2.16. The summed E-state index contributed by atoms with van der Waals surface area (Å²) in [5.74, 6) is 0.229. The van der Waals surface area contributed by atoms with Gasteiger partial charge in [-0.25, -0.2) is 0 Å². The maximum absolute atomic E-state index is 11.9. The Balaban J connectivity index is 1.36. The zero-order chi connectivity index (χ0) is 18.0. The number of aldehydes is 1. The molecule has 0 amide bonds. The summed E-state index contributed by atoms with van der Waals surface area (Å²) in [4.78, 5) is 22.5. The Kier molecular flexibility index (Phi) is 8.33. The Labute approximate surface area is 152 Å². The summed E-state index contributed by atoms with van der Waals surface area (Å²) in [6, 6.07) is 10.7. The number of hydrogen-bond acceptors (Lipinski definition) is 3. The van der Waals surface area contributed by atoms with Crippen molar-refractivity contribution in [2.75, 3.05) is 0 Å². The van der Waals surface area contributed by atoms with E-state index in [1.54, 1.807) is 0 Å². The van der Waals surface area contributed by atoms with E-state index in [4.69, 9.17) is 4.74 Å². The van der Waals surface area contributed by atoms with Crippen molar-refractivity contribution in [1.82, 2.24) is 0 Å². The molecular formula is C22H32O3. The summed E-state index contributed by atoms with van der Waals surface area (Å²) in [7, 11) is 0. The highest BCUT2D eigenvalue weighted by Gasteiger charge is 2.53. The molecule has 2 rings (SSSR count). The van der Waals surface area contributed by atoms with Crippen molar-refractivity contribution in [1.29, 1.82) is 0 Å². The Bertz CT molecular complexity index is 525. The van der Waals surface area contributed by atoms with Crippen molar-refractivity contribution < 1.29 is 14.3 Å². The van der Waals surface area contributed by atoms with Crippen LogP contribution in [-0.4, -0.2) is 23.8 Å². The molecule has 1 aromatic carbocycles. The number of rotatable bonds is 14. The summed E-state index contributed by atoms with van der Waals surface area (Å²) in [5.41, 5.74) is 0.940. The molecule has 2 atom stereocenters. The summed E-state index contributed by atoms with van der Waals surface area (Å²) in [5, 5.41) is 0. The minimum absolute atomic E-state index is 0.229. The number of carbonyl (C=O) groups excluding carboxylic acids is 2. The minimum atomic E-state index is -0.501. The Hall–Kier alpha value is -1.48. The lowest BCUT2D eigenvalue weighted by atomic mass is 9.97. The van der Waals surface area contributed by atoms with Crippen LogP contribution in [0.3, 0.4) is 0 Å². The van der Waals surface area contributed by atoms with E-state index in [9.17, 15) is 9.59 Å².